The van der Waals surface area contributed by atoms with Crippen molar-refractivity contribution < 1.29 is 29.0 Å². The smallest absolute Gasteiger partial charge is 0.309 e. The van der Waals surface area contributed by atoms with Crippen LogP contribution in [0.4, 0.5) is 0 Å². The number of aliphatic carboxylic acids is 1. The summed E-state index contributed by atoms with van der Waals surface area (Å²) in [6.45, 7) is 23.4. The molecule has 8 nitrogen and oxygen atoms in total. The summed E-state index contributed by atoms with van der Waals surface area (Å²) in [6, 6.07) is 8.18. The molecule has 1 aromatic rings. The molecular formula is C49H75ClN2O6. The van der Waals surface area contributed by atoms with Gasteiger partial charge in [-0.15, -0.1) is 0 Å². The summed E-state index contributed by atoms with van der Waals surface area (Å²) >= 11 is 6.28. The lowest BCUT2D eigenvalue weighted by atomic mass is 9.33. The Hall–Kier alpha value is -2.26. The van der Waals surface area contributed by atoms with Crippen LogP contribution in [0.3, 0.4) is 0 Å². The second kappa shape index (κ2) is 16.2. The van der Waals surface area contributed by atoms with Gasteiger partial charge in [-0.1, -0.05) is 77.8 Å². The maximum atomic E-state index is 14.5. The lowest BCUT2D eigenvalue weighted by Crippen LogP contribution is -2.66. The van der Waals surface area contributed by atoms with E-state index in [2.05, 4.69) is 84.5 Å². The van der Waals surface area contributed by atoms with E-state index in [0.717, 1.165) is 88.1 Å². The number of carboxylic acids is 1. The molecule has 0 unspecified atom stereocenters. The van der Waals surface area contributed by atoms with Gasteiger partial charge >= 0.3 is 11.9 Å². The molecule has 0 bridgehead atoms. The summed E-state index contributed by atoms with van der Waals surface area (Å²) in [5, 5.41) is 10.4. The van der Waals surface area contributed by atoms with Gasteiger partial charge in [0.05, 0.1) is 17.9 Å². The predicted octanol–water partition coefficient (Wildman–Crippen LogP) is 10.1. The molecule has 0 aliphatic heterocycles. The molecule has 5 aliphatic rings. The van der Waals surface area contributed by atoms with Gasteiger partial charge in [0.2, 0.25) is 0 Å². The van der Waals surface area contributed by atoms with Gasteiger partial charge in [-0.25, -0.2) is 0 Å². The monoisotopic (exact) mass is 823 g/mol. The zero-order valence-corrected chi connectivity index (χ0v) is 38.7. The number of ether oxygens (including phenoxy) is 2. The number of carbonyl (C=O) groups is 3. The highest BCUT2D eigenvalue weighted by atomic mass is 35.5. The second-order valence-electron chi connectivity index (χ2n) is 21.9. The molecule has 58 heavy (non-hydrogen) atoms. The van der Waals surface area contributed by atoms with Crippen LogP contribution in [0.15, 0.2) is 35.4 Å². The quantitative estimate of drug-likeness (QED) is 0.185. The minimum atomic E-state index is -1.16. The molecule has 1 aromatic carbocycles. The van der Waals surface area contributed by atoms with Crippen molar-refractivity contribution in [2.24, 2.45) is 56.2 Å². The number of hydrogen-bond donors (Lipinski definition) is 1. The van der Waals surface area contributed by atoms with Crippen LogP contribution in [0.5, 0.6) is 0 Å². The van der Waals surface area contributed by atoms with E-state index in [1.54, 1.807) is 13.8 Å². The first-order valence-corrected chi connectivity index (χ1v) is 22.7. The number of carbonyl (C=O) groups excluding carboxylic acids is 2. The number of nitrogens with zero attached hydrogens (tertiary/aromatic N) is 2. The zero-order chi connectivity index (χ0) is 42.8. The van der Waals surface area contributed by atoms with Crippen molar-refractivity contribution in [1.29, 1.82) is 0 Å². The number of likely N-dealkylation sites (N-methyl/N-ethyl adjacent to an activating group) is 1. The largest absolute Gasteiger partial charge is 0.481 e. The van der Waals surface area contributed by atoms with Gasteiger partial charge in [-0.2, -0.15) is 0 Å². The van der Waals surface area contributed by atoms with Crippen molar-refractivity contribution in [1.82, 2.24) is 9.80 Å². The number of allylic oxidation sites excluding steroid dienone is 1. The highest BCUT2D eigenvalue weighted by Gasteiger charge is 2.71. The van der Waals surface area contributed by atoms with Crippen LogP contribution < -0.4 is 0 Å². The average molecular weight is 824 g/mol. The predicted molar refractivity (Wildman–Crippen MR) is 231 cm³/mol. The Morgan fingerprint density at radius 3 is 2.19 bits per heavy atom. The molecule has 6 rings (SSSR count). The van der Waals surface area contributed by atoms with Crippen molar-refractivity contribution in [2.45, 2.75) is 145 Å². The summed E-state index contributed by atoms with van der Waals surface area (Å²) in [7, 11) is 6.12. The number of esters is 1. The Balaban J connectivity index is 1.30. The van der Waals surface area contributed by atoms with Crippen molar-refractivity contribution in [2.75, 3.05) is 40.8 Å². The molecule has 1 N–H and O–H groups in total. The van der Waals surface area contributed by atoms with Crippen LogP contribution in [0.25, 0.3) is 0 Å². The molecule has 0 aromatic heterocycles. The first-order chi connectivity index (χ1) is 27.0. The Kier molecular flexibility index (Phi) is 12.7. The van der Waals surface area contributed by atoms with Gasteiger partial charge in [0.1, 0.15) is 6.10 Å². The van der Waals surface area contributed by atoms with Gasteiger partial charge in [0.25, 0.3) is 0 Å². The molecule has 0 heterocycles. The Bertz CT molecular complexity index is 1750. The van der Waals surface area contributed by atoms with E-state index in [9.17, 15) is 19.5 Å². The first-order valence-electron chi connectivity index (χ1n) is 22.3. The van der Waals surface area contributed by atoms with Crippen molar-refractivity contribution >= 4 is 29.3 Å². The number of benzene rings is 1. The molecular weight excluding hydrogens is 748 g/mol. The highest BCUT2D eigenvalue weighted by molar-refractivity contribution is 6.30. The third-order valence-electron chi connectivity index (χ3n) is 17.4. The second-order valence-corrected chi connectivity index (χ2v) is 22.4. The number of ketones is 1. The van der Waals surface area contributed by atoms with E-state index in [-0.39, 0.29) is 51.6 Å². The third-order valence-corrected chi connectivity index (χ3v) is 17.6. The van der Waals surface area contributed by atoms with Crippen molar-refractivity contribution in [3.63, 3.8) is 0 Å². The molecule has 0 spiro atoms. The molecule has 4 saturated carbocycles. The maximum absolute atomic E-state index is 14.5. The van der Waals surface area contributed by atoms with Crippen LogP contribution in [0.2, 0.25) is 5.02 Å². The number of rotatable bonds is 14. The summed E-state index contributed by atoms with van der Waals surface area (Å²) in [4.78, 5) is 44.3. The Morgan fingerprint density at radius 1 is 0.914 bits per heavy atom. The van der Waals surface area contributed by atoms with Crippen molar-refractivity contribution in [3.8, 4) is 0 Å². The standard InChI is InChI=1S/C49H75ClN2O6/c1-31(2)41-35(53)27-49(39(57-12)30-52(26-25-51(10)11)29-32-13-15-33(50)16-14-32)24-23-47(8)34(42(41)49)17-18-37-46(7)21-20-38(58-40(54)28-44(3,4)43(55)56)45(5,6)36(46)19-22-48(37,47)9/h13-16,31,34,36-39H,17-30H2,1-12H3,(H,55,56)/t34-,36+,37-,38+,39-,46+,47-,48-,49+/m1/s1. The molecule has 324 valence electrons. The number of Topliss-reactive ketones (excluding diaryl/α,β-unsaturated/α-hetero) is 1. The van der Waals surface area contributed by atoms with E-state index in [1.807, 2.05) is 19.2 Å². The normalized spacial score (nSPS) is 35.1. The molecule has 9 heteroatoms. The zero-order valence-electron chi connectivity index (χ0n) is 37.9. The minimum absolute atomic E-state index is 0.0234. The molecule has 0 radical (unpaired) electrons. The molecule has 4 fully saturated rings. The Labute approximate surface area is 355 Å². The number of fused-ring (bicyclic) bond motifs is 7. The van der Waals surface area contributed by atoms with E-state index in [1.165, 1.54) is 11.1 Å². The van der Waals surface area contributed by atoms with Gasteiger partial charge in [-0.3, -0.25) is 19.3 Å². The van der Waals surface area contributed by atoms with E-state index >= 15 is 0 Å². The summed E-state index contributed by atoms with van der Waals surface area (Å²) in [6.07, 6.45) is 8.27. The number of halogens is 1. The lowest BCUT2D eigenvalue weighted by molar-refractivity contribution is -0.235. The van der Waals surface area contributed by atoms with Crippen LogP contribution in [0.1, 0.15) is 132 Å². The van der Waals surface area contributed by atoms with E-state index in [4.69, 9.17) is 21.1 Å². The van der Waals surface area contributed by atoms with Crippen LogP contribution in [-0.4, -0.2) is 85.7 Å². The topological polar surface area (TPSA) is 96.4 Å². The number of hydrogen-bond acceptors (Lipinski definition) is 7. The fourth-order valence-electron chi connectivity index (χ4n) is 14.0. The summed E-state index contributed by atoms with van der Waals surface area (Å²) in [5.41, 5.74) is 2.21. The maximum Gasteiger partial charge on any atom is 0.309 e. The van der Waals surface area contributed by atoms with Crippen LogP contribution in [-0.2, 0) is 30.4 Å². The van der Waals surface area contributed by atoms with Gasteiger partial charge in [-0.05, 0) is 142 Å². The number of methoxy groups -OCH3 is 1. The highest BCUT2D eigenvalue weighted by Crippen LogP contribution is 2.77. The molecule has 5 aliphatic carbocycles. The van der Waals surface area contributed by atoms with Gasteiger partial charge in [0, 0.05) is 55.6 Å². The minimum Gasteiger partial charge on any atom is -0.481 e. The summed E-state index contributed by atoms with van der Waals surface area (Å²) in [5.74, 6) is 0.300. The van der Waals surface area contributed by atoms with Crippen LogP contribution >= 0.6 is 11.6 Å². The molecule has 9 atom stereocenters. The van der Waals surface area contributed by atoms with Gasteiger partial charge in [0.15, 0.2) is 5.78 Å². The third kappa shape index (κ3) is 7.65. The van der Waals surface area contributed by atoms with E-state index in [0.29, 0.717) is 30.0 Å². The molecule has 0 saturated heterocycles. The SMILES string of the molecule is CO[C@H](CN(CCN(C)C)Cc1ccc(Cl)cc1)[C@@]12CC[C@]3(C)[C@H](CC[C@@H]4[C@@]5(C)CC[C@H](OC(=O)CC(C)(C)C(=O)O)C(C)(C)[C@@H]5CC[C@]43C)C1=C(C(C)C)C(=O)C2. The fraction of sp³-hybridized carbons (Fsp3) is 0.776. The van der Waals surface area contributed by atoms with Crippen LogP contribution in [0, 0.1) is 56.2 Å². The lowest BCUT2D eigenvalue weighted by Gasteiger charge is -2.72. The molecule has 0 amide bonds. The number of carboxylic acid groups (broad SMARTS) is 1. The first kappa shape index (κ1) is 45.3. The average Bonchev–Trinajstić information content (AvgIpc) is 3.44. The van der Waals surface area contributed by atoms with E-state index < -0.39 is 17.4 Å². The fourth-order valence-corrected chi connectivity index (χ4v) is 14.2. The van der Waals surface area contributed by atoms with Gasteiger partial charge < -0.3 is 19.5 Å². The Morgan fingerprint density at radius 2 is 1.59 bits per heavy atom. The summed E-state index contributed by atoms with van der Waals surface area (Å²) < 4.78 is 12.9. The van der Waals surface area contributed by atoms with Crippen molar-refractivity contribution in [3.05, 3.63) is 46.0 Å².